The summed E-state index contributed by atoms with van der Waals surface area (Å²) < 4.78 is 0. The molecule has 2 amide bonds. The maximum atomic E-state index is 13.2. The van der Waals surface area contributed by atoms with Crippen molar-refractivity contribution in [3.8, 4) is 0 Å². The van der Waals surface area contributed by atoms with Gasteiger partial charge in [-0.1, -0.05) is 66.7 Å². The Balaban J connectivity index is 1.19. The maximum absolute atomic E-state index is 13.2. The second-order valence-electron chi connectivity index (χ2n) is 9.54. The van der Waals surface area contributed by atoms with Crippen LogP contribution >= 0.6 is 0 Å². The molecule has 0 unspecified atom stereocenters. The van der Waals surface area contributed by atoms with Crippen LogP contribution < -0.4 is 0 Å². The monoisotopic (exact) mass is 452 g/mol. The van der Waals surface area contributed by atoms with Crippen molar-refractivity contribution in [2.75, 3.05) is 26.2 Å². The fraction of sp³-hybridized carbons (Fsp3) is 0.333. The van der Waals surface area contributed by atoms with Crippen LogP contribution in [0.3, 0.4) is 0 Å². The molecule has 2 heterocycles. The number of amides is 2. The molecule has 2 aliphatic heterocycles. The van der Waals surface area contributed by atoms with Gasteiger partial charge in [0, 0.05) is 37.3 Å². The van der Waals surface area contributed by atoms with E-state index >= 15 is 0 Å². The van der Waals surface area contributed by atoms with Crippen molar-refractivity contribution in [2.45, 2.75) is 37.5 Å². The highest BCUT2D eigenvalue weighted by Gasteiger charge is 2.27. The average molecular weight is 453 g/mol. The molecule has 2 fully saturated rings. The minimum absolute atomic E-state index is 0.0314. The normalized spacial score (nSPS) is 17.5. The van der Waals surface area contributed by atoms with Crippen molar-refractivity contribution in [3.05, 3.63) is 107 Å². The molecule has 5 rings (SSSR count). The molecule has 0 N–H and O–H groups in total. The predicted molar refractivity (Wildman–Crippen MR) is 135 cm³/mol. The number of hydrogen-bond donors (Lipinski definition) is 0. The minimum Gasteiger partial charge on any atom is -0.339 e. The molecule has 3 aromatic carbocycles. The van der Waals surface area contributed by atoms with E-state index in [0.29, 0.717) is 23.0 Å². The van der Waals surface area contributed by atoms with Gasteiger partial charge in [-0.15, -0.1) is 0 Å². The zero-order valence-electron chi connectivity index (χ0n) is 19.6. The molecule has 0 aromatic heterocycles. The van der Waals surface area contributed by atoms with Crippen molar-refractivity contribution in [2.24, 2.45) is 0 Å². The molecule has 174 valence electrons. The van der Waals surface area contributed by atoms with Gasteiger partial charge in [-0.25, -0.2) is 0 Å². The summed E-state index contributed by atoms with van der Waals surface area (Å²) >= 11 is 0. The average Bonchev–Trinajstić information content (AvgIpc) is 2.93. The van der Waals surface area contributed by atoms with Gasteiger partial charge in [0.25, 0.3) is 11.8 Å². The van der Waals surface area contributed by atoms with Crippen LogP contribution in [0.4, 0.5) is 0 Å². The van der Waals surface area contributed by atoms with E-state index in [-0.39, 0.29) is 11.8 Å². The van der Waals surface area contributed by atoms with Crippen LogP contribution in [0.15, 0.2) is 84.9 Å². The van der Waals surface area contributed by atoms with Gasteiger partial charge in [-0.05, 0) is 66.8 Å². The Kier molecular flexibility index (Phi) is 6.75. The van der Waals surface area contributed by atoms with Crippen molar-refractivity contribution in [1.82, 2.24) is 9.80 Å². The topological polar surface area (TPSA) is 40.6 Å². The third kappa shape index (κ3) is 4.91. The molecule has 0 saturated carbocycles. The van der Waals surface area contributed by atoms with Crippen LogP contribution in [0.1, 0.15) is 69.4 Å². The zero-order valence-corrected chi connectivity index (χ0v) is 19.6. The molecule has 0 atom stereocenters. The van der Waals surface area contributed by atoms with Crippen molar-refractivity contribution >= 4 is 11.8 Å². The number of benzene rings is 3. The van der Waals surface area contributed by atoms with E-state index in [0.717, 1.165) is 51.9 Å². The van der Waals surface area contributed by atoms with Crippen LogP contribution in [-0.2, 0) is 0 Å². The van der Waals surface area contributed by atoms with E-state index in [2.05, 4.69) is 48.5 Å². The summed E-state index contributed by atoms with van der Waals surface area (Å²) in [7, 11) is 0. The lowest BCUT2D eigenvalue weighted by Gasteiger charge is -2.33. The minimum atomic E-state index is 0.0314. The summed E-state index contributed by atoms with van der Waals surface area (Å²) in [5.74, 6) is 1.09. The Labute approximate surface area is 202 Å². The molecule has 4 heteroatoms. The molecule has 2 aliphatic rings. The fourth-order valence-corrected chi connectivity index (χ4v) is 5.43. The van der Waals surface area contributed by atoms with E-state index in [9.17, 15) is 9.59 Å². The standard InChI is InChI=1S/C30H32N2O2/c33-29(31-18-14-25(15-19-31)23-8-3-1-4-9-23)27-12-7-13-28(22-27)30(34)32-20-16-26(17-21-32)24-10-5-2-6-11-24/h1-13,22,25-26H,14-21H2. The molecule has 3 aromatic rings. The quantitative estimate of drug-likeness (QED) is 0.507. The Morgan fingerprint density at radius 1 is 0.529 bits per heavy atom. The van der Waals surface area contributed by atoms with Gasteiger partial charge in [0.15, 0.2) is 0 Å². The third-order valence-corrected chi connectivity index (χ3v) is 7.46. The Morgan fingerprint density at radius 2 is 0.912 bits per heavy atom. The molecule has 2 saturated heterocycles. The first-order valence-electron chi connectivity index (χ1n) is 12.5. The summed E-state index contributed by atoms with van der Waals surface area (Å²) in [6.07, 6.45) is 3.91. The Hall–Kier alpha value is -3.40. The number of piperidine rings is 2. The first-order chi connectivity index (χ1) is 16.7. The number of carbonyl (C=O) groups excluding carboxylic acids is 2. The van der Waals surface area contributed by atoms with Crippen LogP contribution in [0, 0.1) is 0 Å². The van der Waals surface area contributed by atoms with E-state index in [1.165, 1.54) is 11.1 Å². The highest BCUT2D eigenvalue weighted by atomic mass is 16.2. The molecular weight excluding hydrogens is 420 g/mol. The SMILES string of the molecule is O=C(c1cccc(C(=O)N2CCC(c3ccccc3)CC2)c1)N1CCC(c2ccccc2)CC1. The molecule has 0 aliphatic carbocycles. The van der Waals surface area contributed by atoms with Gasteiger partial charge in [-0.2, -0.15) is 0 Å². The number of hydrogen-bond acceptors (Lipinski definition) is 2. The van der Waals surface area contributed by atoms with Crippen LogP contribution in [0.5, 0.6) is 0 Å². The van der Waals surface area contributed by atoms with Crippen molar-refractivity contribution in [3.63, 3.8) is 0 Å². The smallest absolute Gasteiger partial charge is 0.253 e. The largest absolute Gasteiger partial charge is 0.339 e. The summed E-state index contributed by atoms with van der Waals surface area (Å²) in [6, 6.07) is 28.4. The fourth-order valence-electron chi connectivity index (χ4n) is 5.43. The summed E-state index contributed by atoms with van der Waals surface area (Å²) in [5, 5.41) is 0. The predicted octanol–water partition coefficient (Wildman–Crippen LogP) is 5.73. The highest BCUT2D eigenvalue weighted by Crippen LogP contribution is 2.30. The number of nitrogens with zero attached hydrogens (tertiary/aromatic N) is 2. The van der Waals surface area contributed by atoms with Crippen molar-refractivity contribution < 1.29 is 9.59 Å². The number of rotatable bonds is 4. The summed E-state index contributed by atoms with van der Waals surface area (Å²) in [5.41, 5.74) is 3.95. The third-order valence-electron chi connectivity index (χ3n) is 7.46. The van der Waals surface area contributed by atoms with Gasteiger partial charge >= 0.3 is 0 Å². The zero-order chi connectivity index (χ0) is 23.3. The van der Waals surface area contributed by atoms with Crippen LogP contribution in [0.2, 0.25) is 0 Å². The van der Waals surface area contributed by atoms with Gasteiger partial charge < -0.3 is 9.80 Å². The first-order valence-corrected chi connectivity index (χ1v) is 12.5. The van der Waals surface area contributed by atoms with E-state index in [4.69, 9.17) is 0 Å². The lowest BCUT2D eigenvalue weighted by Crippen LogP contribution is -2.39. The second kappa shape index (κ2) is 10.3. The van der Waals surface area contributed by atoms with Crippen molar-refractivity contribution in [1.29, 1.82) is 0 Å². The Bertz CT molecular complexity index is 1030. The van der Waals surface area contributed by atoms with Gasteiger partial charge in [0.05, 0.1) is 0 Å². The van der Waals surface area contributed by atoms with Gasteiger partial charge in [0.1, 0.15) is 0 Å². The number of likely N-dealkylation sites (tertiary alicyclic amines) is 2. The molecule has 0 radical (unpaired) electrons. The lowest BCUT2D eigenvalue weighted by atomic mass is 9.89. The van der Waals surface area contributed by atoms with Gasteiger partial charge in [0.2, 0.25) is 0 Å². The van der Waals surface area contributed by atoms with Crippen LogP contribution in [0.25, 0.3) is 0 Å². The molecular formula is C30H32N2O2. The maximum Gasteiger partial charge on any atom is 0.253 e. The molecule has 4 nitrogen and oxygen atoms in total. The van der Waals surface area contributed by atoms with Crippen LogP contribution in [-0.4, -0.2) is 47.8 Å². The first kappa shape index (κ1) is 22.4. The van der Waals surface area contributed by atoms with Gasteiger partial charge in [-0.3, -0.25) is 9.59 Å². The molecule has 0 bridgehead atoms. The molecule has 0 spiro atoms. The van der Waals surface area contributed by atoms with E-state index < -0.39 is 0 Å². The molecule has 34 heavy (non-hydrogen) atoms. The lowest BCUT2D eigenvalue weighted by molar-refractivity contribution is 0.0711. The second-order valence-corrected chi connectivity index (χ2v) is 9.54. The highest BCUT2D eigenvalue weighted by molar-refractivity contribution is 5.99. The summed E-state index contributed by atoms with van der Waals surface area (Å²) in [6.45, 7) is 3.01. The number of carbonyl (C=O) groups is 2. The Morgan fingerprint density at radius 3 is 1.29 bits per heavy atom. The summed E-state index contributed by atoms with van der Waals surface area (Å²) in [4.78, 5) is 30.3. The van der Waals surface area contributed by atoms with E-state index in [1.807, 2.05) is 40.1 Å². The van der Waals surface area contributed by atoms with E-state index in [1.54, 1.807) is 6.07 Å².